The standard InChI is InChI=1S/C23H26N4O2/c1-16-13-17(2)15-18(14-16)24-22(28)21-25-20(19-9-5-8-12-27(19)21)23(29)26-10-6-3-4-7-11-26/h5,8-9,12-15H,3-4,6-7,10-11H2,1-2H3,(H,24,28). The van der Waals surface area contributed by atoms with Gasteiger partial charge in [0, 0.05) is 25.0 Å². The van der Waals surface area contributed by atoms with E-state index in [1.54, 1.807) is 10.6 Å². The summed E-state index contributed by atoms with van der Waals surface area (Å²) in [5.74, 6) is -0.204. The van der Waals surface area contributed by atoms with E-state index in [9.17, 15) is 9.59 Å². The van der Waals surface area contributed by atoms with Crippen molar-refractivity contribution >= 4 is 23.0 Å². The van der Waals surface area contributed by atoms with Gasteiger partial charge in [0.15, 0.2) is 5.69 Å². The Hall–Kier alpha value is -3.15. The molecule has 1 fully saturated rings. The second kappa shape index (κ2) is 8.07. The second-order valence-electron chi connectivity index (χ2n) is 7.78. The summed E-state index contributed by atoms with van der Waals surface area (Å²) in [5.41, 5.74) is 3.88. The summed E-state index contributed by atoms with van der Waals surface area (Å²) in [6.45, 7) is 5.47. The van der Waals surface area contributed by atoms with Crippen LogP contribution in [-0.4, -0.2) is 39.2 Å². The van der Waals surface area contributed by atoms with E-state index in [-0.39, 0.29) is 17.6 Å². The molecule has 1 aliphatic heterocycles. The predicted molar refractivity (Wildman–Crippen MR) is 113 cm³/mol. The van der Waals surface area contributed by atoms with Gasteiger partial charge in [-0.3, -0.25) is 14.0 Å². The highest BCUT2D eigenvalue weighted by atomic mass is 16.2. The fourth-order valence-electron chi connectivity index (χ4n) is 4.01. The maximum Gasteiger partial charge on any atom is 0.292 e. The molecule has 0 saturated carbocycles. The maximum atomic E-state index is 13.2. The first-order chi connectivity index (χ1) is 14.0. The number of rotatable bonds is 3. The number of pyridine rings is 1. The number of aromatic nitrogens is 2. The highest BCUT2D eigenvalue weighted by Gasteiger charge is 2.25. The summed E-state index contributed by atoms with van der Waals surface area (Å²) in [6.07, 6.45) is 6.10. The Kier molecular flexibility index (Phi) is 5.34. The molecule has 29 heavy (non-hydrogen) atoms. The summed E-state index contributed by atoms with van der Waals surface area (Å²) in [5, 5.41) is 2.93. The molecule has 1 aromatic carbocycles. The van der Waals surface area contributed by atoms with Crippen molar-refractivity contribution < 1.29 is 9.59 Å². The number of likely N-dealkylation sites (tertiary alicyclic amines) is 1. The fourth-order valence-corrected chi connectivity index (χ4v) is 4.01. The van der Waals surface area contributed by atoms with Crippen molar-refractivity contribution in [2.75, 3.05) is 18.4 Å². The van der Waals surface area contributed by atoms with Gasteiger partial charge in [0.2, 0.25) is 5.82 Å². The van der Waals surface area contributed by atoms with E-state index < -0.39 is 0 Å². The molecule has 0 atom stereocenters. The number of hydrogen-bond donors (Lipinski definition) is 1. The molecule has 1 aliphatic rings. The minimum Gasteiger partial charge on any atom is -0.337 e. The number of nitrogens with zero attached hydrogens (tertiary/aromatic N) is 3. The van der Waals surface area contributed by atoms with E-state index in [0.29, 0.717) is 11.2 Å². The van der Waals surface area contributed by atoms with E-state index in [4.69, 9.17) is 0 Å². The third-order valence-electron chi connectivity index (χ3n) is 5.33. The molecule has 0 bridgehead atoms. The minimum absolute atomic E-state index is 0.0962. The normalized spacial score (nSPS) is 14.6. The van der Waals surface area contributed by atoms with Gasteiger partial charge in [-0.05, 0) is 62.1 Å². The van der Waals surface area contributed by atoms with Crippen LogP contribution in [0.5, 0.6) is 0 Å². The van der Waals surface area contributed by atoms with Crippen molar-refractivity contribution in [2.45, 2.75) is 39.5 Å². The lowest BCUT2D eigenvalue weighted by Crippen LogP contribution is -2.32. The van der Waals surface area contributed by atoms with E-state index >= 15 is 0 Å². The summed E-state index contributed by atoms with van der Waals surface area (Å²) in [4.78, 5) is 32.5. The number of carbonyl (C=O) groups excluding carboxylic acids is 2. The van der Waals surface area contributed by atoms with Crippen LogP contribution < -0.4 is 5.32 Å². The van der Waals surface area contributed by atoms with Crippen molar-refractivity contribution in [3.05, 3.63) is 65.2 Å². The lowest BCUT2D eigenvalue weighted by molar-refractivity contribution is 0.0758. The van der Waals surface area contributed by atoms with Crippen LogP contribution in [0.2, 0.25) is 0 Å². The Morgan fingerprint density at radius 1 is 0.966 bits per heavy atom. The Morgan fingerprint density at radius 3 is 2.34 bits per heavy atom. The van der Waals surface area contributed by atoms with Crippen LogP contribution in [0, 0.1) is 13.8 Å². The molecule has 1 N–H and O–H groups in total. The third-order valence-corrected chi connectivity index (χ3v) is 5.33. The van der Waals surface area contributed by atoms with Crippen molar-refractivity contribution in [3.8, 4) is 0 Å². The van der Waals surface area contributed by atoms with Gasteiger partial charge in [-0.15, -0.1) is 0 Å². The van der Waals surface area contributed by atoms with Gasteiger partial charge in [-0.1, -0.05) is 25.0 Å². The summed E-state index contributed by atoms with van der Waals surface area (Å²) in [7, 11) is 0. The van der Waals surface area contributed by atoms with Crippen LogP contribution in [0.4, 0.5) is 5.69 Å². The lowest BCUT2D eigenvalue weighted by Gasteiger charge is -2.19. The molecule has 0 unspecified atom stereocenters. The molecule has 0 aliphatic carbocycles. The molecule has 1 saturated heterocycles. The van der Waals surface area contributed by atoms with Crippen LogP contribution in [-0.2, 0) is 0 Å². The van der Waals surface area contributed by atoms with Crippen LogP contribution in [0.3, 0.4) is 0 Å². The summed E-state index contributed by atoms with van der Waals surface area (Å²) in [6, 6.07) is 11.4. The molecule has 3 aromatic rings. The monoisotopic (exact) mass is 390 g/mol. The predicted octanol–water partition coefficient (Wildman–Crippen LogP) is 4.22. The highest BCUT2D eigenvalue weighted by Crippen LogP contribution is 2.20. The fraction of sp³-hybridized carbons (Fsp3) is 0.348. The first-order valence-corrected chi connectivity index (χ1v) is 10.2. The first kappa shape index (κ1) is 19.2. The molecule has 2 amide bonds. The molecule has 2 aromatic heterocycles. The van der Waals surface area contributed by atoms with Gasteiger partial charge in [0.1, 0.15) is 0 Å². The topological polar surface area (TPSA) is 66.7 Å². The summed E-state index contributed by atoms with van der Waals surface area (Å²) >= 11 is 0. The number of imidazole rings is 1. The molecule has 0 spiro atoms. The van der Waals surface area contributed by atoms with E-state index in [2.05, 4.69) is 16.4 Å². The van der Waals surface area contributed by atoms with Crippen molar-refractivity contribution in [1.82, 2.24) is 14.3 Å². The first-order valence-electron chi connectivity index (χ1n) is 10.2. The van der Waals surface area contributed by atoms with Crippen LogP contribution in [0.25, 0.3) is 5.52 Å². The van der Waals surface area contributed by atoms with Gasteiger partial charge >= 0.3 is 0 Å². The molecule has 3 heterocycles. The minimum atomic E-state index is -0.328. The smallest absolute Gasteiger partial charge is 0.292 e. The number of anilines is 1. The largest absolute Gasteiger partial charge is 0.337 e. The van der Waals surface area contributed by atoms with Gasteiger partial charge in [-0.2, -0.15) is 0 Å². The van der Waals surface area contributed by atoms with Crippen LogP contribution in [0.1, 0.15) is 57.9 Å². The lowest BCUT2D eigenvalue weighted by atomic mass is 10.1. The molecule has 6 heteroatoms. The average molecular weight is 390 g/mol. The van der Waals surface area contributed by atoms with Crippen LogP contribution >= 0.6 is 0 Å². The Morgan fingerprint density at radius 2 is 1.66 bits per heavy atom. The third kappa shape index (κ3) is 4.01. The van der Waals surface area contributed by atoms with E-state index in [1.165, 1.54) is 0 Å². The van der Waals surface area contributed by atoms with Gasteiger partial charge in [0.25, 0.3) is 11.8 Å². The zero-order valence-corrected chi connectivity index (χ0v) is 16.9. The van der Waals surface area contributed by atoms with Crippen molar-refractivity contribution in [3.63, 3.8) is 0 Å². The number of amides is 2. The van der Waals surface area contributed by atoms with Crippen molar-refractivity contribution in [1.29, 1.82) is 0 Å². The van der Waals surface area contributed by atoms with Gasteiger partial charge in [0.05, 0.1) is 5.52 Å². The summed E-state index contributed by atoms with van der Waals surface area (Å²) < 4.78 is 1.70. The molecular formula is C23H26N4O2. The number of aryl methyl sites for hydroxylation is 2. The molecule has 6 nitrogen and oxygen atoms in total. The highest BCUT2D eigenvalue weighted by molar-refractivity contribution is 6.06. The van der Waals surface area contributed by atoms with Gasteiger partial charge in [-0.25, -0.2) is 4.98 Å². The molecule has 150 valence electrons. The molecular weight excluding hydrogens is 364 g/mol. The zero-order chi connectivity index (χ0) is 20.4. The average Bonchev–Trinajstić information content (AvgIpc) is 2.86. The molecule has 0 radical (unpaired) electrons. The Labute approximate surface area is 170 Å². The maximum absolute atomic E-state index is 13.2. The second-order valence-corrected chi connectivity index (χ2v) is 7.78. The number of carbonyl (C=O) groups is 2. The number of nitrogens with one attached hydrogen (secondary N) is 1. The Balaban J connectivity index is 1.68. The quantitative estimate of drug-likeness (QED) is 0.728. The number of fused-ring (bicyclic) bond motifs is 1. The molecule has 4 rings (SSSR count). The van der Waals surface area contributed by atoms with E-state index in [1.807, 2.05) is 49.1 Å². The number of hydrogen-bond acceptors (Lipinski definition) is 3. The zero-order valence-electron chi connectivity index (χ0n) is 16.9. The van der Waals surface area contributed by atoms with Crippen molar-refractivity contribution in [2.24, 2.45) is 0 Å². The van der Waals surface area contributed by atoms with Crippen LogP contribution in [0.15, 0.2) is 42.6 Å². The number of benzene rings is 1. The SMILES string of the molecule is Cc1cc(C)cc(NC(=O)c2nc(C(=O)N3CCCCCC3)c3ccccn23)c1. The van der Waals surface area contributed by atoms with E-state index in [0.717, 1.165) is 55.6 Å². The van der Waals surface area contributed by atoms with Gasteiger partial charge < -0.3 is 10.2 Å². The Bertz CT molecular complexity index is 1040.